The van der Waals surface area contributed by atoms with Crippen LogP contribution in [0.3, 0.4) is 0 Å². The van der Waals surface area contributed by atoms with Crippen LogP contribution in [0.2, 0.25) is 0 Å². The summed E-state index contributed by atoms with van der Waals surface area (Å²) in [5.74, 6) is 1.04. The Kier molecular flexibility index (Phi) is 4.55. The van der Waals surface area contributed by atoms with Gasteiger partial charge in [-0.3, -0.25) is 9.78 Å². The molecule has 0 aliphatic heterocycles. The Bertz CT molecular complexity index is 522. The van der Waals surface area contributed by atoms with Crippen LogP contribution >= 0.6 is 0 Å². The lowest BCUT2D eigenvalue weighted by Gasteiger charge is -2.09. The van der Waals surface area contributed by atoms with Crippen LogP contribution in [-0.2, 0) is 22.6 Å². The first-order valence-electron chi connectivity index (χ1n) is 6.03. The van der Waals surface area contributed by atoms with Gasteiger partial charge in [0.1, 0.15) is 18.1 Å². The number of aromatic nitrogens is 1. The Hall–Kier alpha value is -2.30. The molecule has 0 spiro atoms. The van der Waals surface area contributed by atoms with Crippen LogP contribution in [-0.4, -0.2) is 17.6 Å². The molecular weight excluding hydrogens is 246 g/mol. The van der Waals surface area contributed by atoms with Crippen molar-refractivity contribution in [3.8, 4) is 5.75 Å². The van der Waals surface area contributed by atoms with Crippen molar-refractivity contribution in [1.82, 2.24) is 4.98 Å². The van der Waals surface area contributed by atoms with Gasteiger partial charge in [-0.15, -0.1) is 0 Å². The fourth-order valence-corrected chi connectivity index (χ4v) is 1.60. The zero-order valence-electron chi connectivity index (χ0n) is 10.7. The van der Waals surface area contributed by atoms with E-state index in [1.54, 1.807) is 37.7 Å². The Balaban J connectivity index is 2.01. The van der Waals surface area contributed by atoms with E-state index in [1.165, 1.54) is 0 Å². The standard InChI is InChI=1S/C14H15NO4/c1-2-17-14(16)8-11-9-15-6-5-13(11)19-10-12-4-3-7-18-12/h3-7,9H,2,8,10H2,1H3. The van der Waals surface area contributed by atoms with E-state index in [9.17, 15) is 4.79 Å². The monoisotopic (exact) mass is 261 g/mol. The quantitative estimate of drug-likeness (QED) is 0.747. The van der Waals surface area contributed by atoms with Crippen molar-refractivity contribution in [3.63, 3.8) is 0 Å². The maximum Gasteiger partial charge on any atom is 0.310 e. The Morgan fingerprint density at radius 3 is 3.05 bits per heavy atom. The van der Waals surface area contributed by atoms with E-state index >= 15 is 0 Å². The third-order valence-electron chi connectivity index (χ3n) is 2.45. The van der Waals surface area contributed by atoms with Crippen LogP contribution in [0.1, 0.15) is 18.2 Å². The second kappa shape index (κ2) is 6.58. The van der Waals surface area contributed by atoms with Crippen LogP contribution in [0.5, 0.6) is 5.75 Å². The molecule has 0 atom stereocenters. The van der Waals surface area contributed by atoms with Gasteiger partial charge >= 0.3 is 5.97 Å². The van der Waals surface area contributed by atoms with Gasteiger partial charge in [-0.25, -0.2) is 0 Å². The van der Waals surface area contributed by atoms with Crippen LogP contribution in [0.25, 0.3) is 0 Å². The minimum absolute atomic E-state index is 0.148. The summed E-state index contributed by atoms with van der Waals surface area (Å²) in [6.07, 6.45) is 4.96. The highest BCUT2D eigenvalue weighted by Gasteiger charge is 2.10. The van der Waals surface area contributed by atoms with E-state index in [0.717, 1.165) is 5.76 Å². The van der Waals surface area contributed by atoms with E-state index in [-0.39, 0.29) is 12.4 Å². The summed E-state index contributed by atoms with van der Waals surface area (Å²) in [5, 5.41) is 0. The minimum Gasteiger partial charge on any atom is -0.485 e. The molecule has 0 bridgehead atoms. The third-order valence-corrected chi connectivity index (χ3v) is 2.45. The van der Waals surface area contributed by atoms with E-state index in [4.69, 9.17) is 13.9 Å². The number of rotatable bonds is 6. The molecule has 2 aromatic heterocycles. The molecule has 2 aromatic rings. The number of carbonyl (C=O) groups excluding carboxylic acids is 1. The highest BCUT2D eigenvalue weighted by Crippen LogP contribution is 2.19. The Morgan fingerprint density at radius 2 is 2.32 bits per heavy atom. The number of carbonyl (C=O) groups is 1. The predicted molar refractivity (Wildman–Crippen MR) is 67.6 cm³/mol. The SMILES string of the molecule is CCOC(=O)Cc1cnccc1OCc1ccco1. The summed E-state index contributed by atoms with van der Waals surface area (Å²) in [7, 11) is 0. The van der Waals surface area contributed by atoms with Gasteiger partial charge in [0.15, 0.2) is 0 Å². The highest BCUT2D eigenvalue weighted by atomic mass is 16.5. The molecule has 0 unspecified atom stereocenters. The topological polar surface area (TPSA) is 61.6 Å². The maximum absolute atomic E-state index is 11.5. The fourth-order valence-electron chi connectivity index (χ4n) is 1.60. The number of esters is 1. The third kappa shape index (κ3) is 3.84. The van der Waals surface area contributed by atoms with E-state index < -0.39 is 0 Å². The molecule has 0 radical (unpaired) electrons. The Labute approximate surface area is 111 Å². The van der Waals surface area contributed by atoms with Crippen molar-refractivity contribution in [3.05, 3.63) is 48.2 Å². The number of nitrogens with zero attached hydrogens (tertiary/aromatic N) is 1. The van der Waals surface area contributed by atoms with Crippen LogP contribution in [0.15, 0.2) is 41.3 Å². The van der Waals surface area contributed by atoms with E-state index in [0.29, 0.717) is 24.5 Å². The predicted octanol–water partition coefficient (Wildman–Crippen LogP) is 2.36. The molecule has 100 valence electrons. The molecule has 2 rings (SSSR count). The average Bonchev–Trinajstić information content (AvgIpc) is 2.91. The molecule has 0 N–H and O–H groups in total. The number of ether oxygens (including phenoxy) is 2. The van der Waals surface area contributed by atoms with E-state index in [1.807, 2.05) is 6.07 Å². The molecule has 5 heteroatoms. The summed E-state index contributed by atoms with van der Waals surface area (Å²) in [4.78, 5) is 15.5. The van der Waals surface area contributed by atoms with Gasteiger partial charge in [0.25, 0.3) is 0 Å². The molecule has 0 aromatic carbocycles. The van der Waals surface area contributed by atoms with Crippen molar-refractivity contribution in [2.24, 2.45) is 0 Å². The first-order valence-corrected chi connectivity index (χ1v) is 6.03. The second-order valence-electron chi connectivity index (χ2n) is 3.83. The minimum atomic E-state index is -0.293. The van der Waals surface area contributed by atoms with Crippen molar-refractivity contribution in [2.75, 3.05) is 6.61 Å². The first kappa shape index (κ1) is 13.1. The zero-order chi connectivity index (χ0) is 13.5. The number of furan rings is 1. The molecular formula is C14H15NO4. The fraction of sp³-hybridized carbons (Fsp3) is 0.286. The first-order chi connectivity index (χ1) is 9.29. The highest BCUT2D eigenvalue weighted by molar-refractivity contribution is 5.73. The molecule has 0 aliphatic rings. The lowest BCUT2D eigenvalue weighted by atomic mass is 10.2. The van der Waals surface area contributed by atoms with Crippen LogP contribution in [0.4, 0.5) is 0 Å². The van der Waals surface area contributed by atoms with Crippen molar-refractivity contribution in [1.29, 1.82) is 0 Å². The maximum atomic E-state index is 11.5. The normalized spacial score (nSPS) is 10.2. The number of hydrogen-bond acceptors (Lipinski definition) is 5. The number of pyridine rings is 1. The van der Waals surface area contributed by atoms with E-state index in [2.05, 4.69) is 4.98 Å². The molecule has 0 aliphatic carbocycles. The molecule has 2 heterocycles. The molecule has 0 saturated carbocycles. The molecule has 19 heavy (non-hydrogen) atoms. The smallest absolute Gasteiger partial charge is 0.310 e. The van der Waals surface area contributed by atoms with Gasteiger partial charge in [-0.1, -0.05) is 0 Å². The van der Waals surface area contributed by atoms with Gasteiger partial charge < -0.3 is 13.9 Å². The molecule has 0 amide bonds. The van der Waals surface area contributed by atoms with Gasteiger partial charge in [0.05, 0.1) is 19.3 Å². The van der Waals surface area contributed by atoms with Crippen molar-refractivity contribution in [2.45, 2.75) is 20.0 Å². The molecule has 0 fully saturated rings. The lowest BCUT2D eigenvalue weighted by Crippen LogP contribution is -2.09. The zero-order valence-corrected chi connectivity index (χ0v) is 10.7. The molecule has 5 nitrogen and oxygen atoms in total. The largest absolute Gasteiger partial charge is 0.485 e. The van der Waals surface area contributed by atoms with Gasteiger partial charge in [-0.05, 0) is 25.1 Å². The molecule has 0 saturated heterocycles. The van der Waals surface area contributed by atoms with Crippen LogP contribution in [0, 0.1) is 0 Å². The Morgan fingerprint density at radius 1 is 1.42 bits per heavy atom. The summed E-state index contributed by atoms with van der Waals surface area (Å²) in [6, 6.07) is 5.34. The lowest BCUT2D eigenvalue weighted by molar-refractivity contribution is -0.142. The van der Waals surface area contributed by atoms with Gasteiger partial charge in [-0.2, -0.15) is 0 Å². The second-order valence-corrected chi connectivity index (χ2v) is 3.83. The van der Waals surface area contributed by atoms with Crippen LogP contribution < -0.4 is 4.74 Å². The summed E-state index contributed by atoms with van der Waals surface area (Å²) in [5.41, 5.74) is 0.701. The van der Waals surface area contributed by atoms with Gasteiger partial charge in [0.2, 0.25) is 0 Å². The van der Waals surface area contributed by atoms with Crippen molar-refractivity contribution >= 4 is 5.97 Å². The van der Waals surface area contributed by atoms with Crippen molar-refractivity contribution < 1.29 is 18.7 Å². The summed E-state index contributed by atoms with van der Waals surface area (Å²) in [6.45, 7) is 2.45. The number of hydrogen-bond donors (Lipinski definition) is 0. The average molecular weight is 261 g/mol. The van der Waals surface area contributed by atoms with Gasteiger partial charge in [0, 0.05) is 18.0 Å². The summed E-state index contributed by atoms with van der Waals surface area (Å²) >= 11 is 0. The summed E-state index contributed by atoms with van der Waals surface area (Å²) < 4.78 is 15.7.